The molecule has 30 heavy (non-hydrogen) atoms. The Kier molecular flexibility index (Phi) is 13.9. The van der Waals surface area contributed by atoms with E-state index in [4.69, 9.17) is 10.5 Å². The van der Waals surface area contributed by atoms with E-state index in [0.717, 1.165) is 84.2 Å². The average Bonchev–Trinajstić information content (AvgIpc) is 2.72. The molecule has 176 valence electrons. The lowest BCUT2D eigenvalue weighted by molar-refractivity contribution is -0.123. The summed E-state index contributed by atoms with van der Waals surface area (Å²) in [5.41, 5.74) is 5.47. The first-order chi connectivity index (χ1) is 14.0. The fourth-order valence-corrected chi connectivity index (χ4v) is 4.28. The molecule has 0 aromatic rings. The zero-order chi connectivity index (χ0) is 21.1. The molecule has 0 aromatic carbocycles. The van der Waals surface area contributed by atoms with E-state index in [9.17, 15) is 4.79 Å². The predicted molar refractivity (Wildman–Crippen MR) is 133 cm³/mol. The van der Waals surface area contributed by atoms with Gasteiger partial charge in [-0.3, -0.25) is 14.7 Å². The molecule has 8 nitrogen and oxygen atoms in total. The first kappa shape index (κ1) is 27.4. The molecule has 0 spiro atoms. The normalized spacial score (nSPS) is 22.4. The van der Waals surface area contributed by atoms with Gasteiger partial charge in [0.05, 0.1) is 19.1 Å². The Morgan fingerprint density at radius 3 is 2.60 bits per heavy atom. The lowest BCUT2D eigenvalue weighted by Crippen LogP contribution is -2.51. The molecule has 1 amide bonds. The molecule has 0 aliphatic carbocycles. The molecule has 4 N–H and O–H groups in total. The van der Waals surface area contributed by atoms with Gasteiger partial charge in [-0.1, -0.05) is 13.8 Å². The highest BCUT2D eigenvalue weighted by atomic mass is 127. The number of nitrogens with zero attached hydrogens (tertiary/aromatic N) is 3. The van der Waals surface area contributed by atoms with E-state index in [-0.39, 0.29) is 35.8 Å². The van der Waals surface area contributed by atoms with Crippen LogP contribution in [-0.2, 0) is 9.53 Å². The Balaban J connectivity index is 0.00000450. The van der Waals surface area contributed by atoms with Gasteiger partial charge in [0, 0.05) is 45.8 Å². The number of primary amides is 1. The van der Waals surface area contributed by atoms with Gasteiger partial charge in [0.1, 0.15) is 0 Å². The van der Waals surface area contributed by atoms with E-state index >= 15 is 0 Å². The summed E-state index contributed by atoms with van der Waals surface area (Å²) in [4.78, 5) is 20.7. The molecule has 2 atom stereocenters. The van der Waals surface area contributed by atoms with Crippen molar-refractivity contribution in [3.05, 3.63) is 0 Å². The number of guanidine groups is 1. The molecule has 2 fully saturated rings. The van der Waals surface area contributed by atoms with Crippen molar-refractivity contribution in [2.45, 2.75) is 45.6 Å². The summed E-state index contributed by atoms with van der Waals surface area (Å²) in [7, 11) is 1.82. The summed E-state index contributed by atoms with van der Waals surface area (Å²) >= 11 is 0. The first-order valence-electron chi connectivity index (χ1n) is 11.3. The van der Waals surface area contributed by atoms with Crippen molar-refractivity contribution in [2.75, 3.05) is 66.1 Å². The number of carbonyl (C=O) groups excluding carboxylic acids is 1. The molecule has 2 aliphatic heterocycles. The molecule has 0 bridgehead atoms. The lowest BCUT2D eigenvalue weighted by atomic mass is 9.97. The number of aliphatic imine (C=N–C) groups is 1. The van der Waals surface area contributed by atoms with Gasteiger partial charge in [0.15, 0.2) is 5.96 Å². The molecule has 0 aromatic heterocycles. The highest BCUT2D eigenvalue weighted by Gasteiger charge is 2.24. The fraction of sp³-hybridized carbons (Fsp3) is 0.905. The zero-order valence-corrected chi connectivity index (χ0v) is 21.4. The summed E-state index contributed by atoms with van der Waals surface area (Å²) < 4.78 is 5.51. The second-order valence-corrected chi connectivity index (χ2v) is 8.71. The maximum Gasteiger partial charge on any atom is 0.221 e. The van der Waals surface area contributed by atoms with Gasteiger partial charge in [-0.05, 0) is 44.7 Å². The number of likely N-dealkylation sites (tertiary alicyclic amines) is 1. The van der Waals surface area contributed by atoms with E-state index in [1.165, 1.54) is 6.42 Å². The van der Waals surface area contributed by atoms with Crippen molar-refractivity contribution in [1.82, 2.24) is 20.4 Å². The minimum Gasteiger partial charge on any atom is -0.379 e. The molecule has 2 unspecified atom stereocenters. The molecule has 2 rings (SSSR count). The standard InChI is InChI=1S/C21H42N6O2.HI/c1-17(2)14-19(27-10-12-29-13-11-27)15-25-21(23-3)24-7-5-9-26-8-4-6-18(16-26)20(22)28;/h17-19H,4-16H2,1-3H3,(H2,22,28)(H2,23,24,25);1H. The Hall–Kier alpha value is -0.650. The monoisotopic (exact) mass is 538 g/mol. The molecular weight excluding hydrogens is 495 g/mol. The molecule has 9 heteroatoms. The van der Waals surface area contributed by atoms with Crippen LogP contribution in [0, 0.1) is 11.8 Å². The number of ether oxygens (including phenoxy) is 1. The van der Waals surface area contributed by atoms with Gasteiger partial charge in [-0.25, -0.2) is 0 Å². The second-order valence-electron chi connectivity index (χ2n) is 8.71. The van der Waals surface area contributed by atoms with Crippen molar-refractivity contribution in [2.24, 2.45) is 22.6 Å². The van der Waals surface area contributed by atoms with Crippen LogP contribution < -0.4 is 16.4 Å². The SMILES string of the molecule is CN=C(NCCCN1CCCC(C(N)=O)C1)NCC(CC(C)C)N1CCOCC1.I. The predicted octanol–water partition coefficient (Wildman–Crippen LogP) is 1.10. The molecular formula is C21H43IN6O2. The van der Waals surface area contributed by atoms with E-state index in [1.54, 1.807) is 0 Å². The van der Waals surface area contributed by atoms with Gasteiger partial charge >= 0.3 is 0 Å². The maximum absolute atomic E-state index is 11.4. The third-order valence-electron chi connectivity index (χ3n) is 5.89. The highest BCUT2D eigenvalue weighted by molar-refractivity contribution is 14.0. The van der Waals surface area contributed by atoms with Crippen LogP contribution in [0.25, 0.3) is 0 Å². The quantitative estimate of drug-likeness (QED) is 0.167. The number of morpholine rings is 1. The van der Waals surface area contributed by atoms with Crippen LogP contribution >= 0.6 is 24.0 Å². The maximum atomic E-state index is 11.4. The lowest BCUT2D eigenvalue weighted by Gasteiger charge is -2.35. The topological polar surface area (TPSA) is 95.2 Å². The molecule has 0 radical (unpaired) electrons. The third kappa shape index (κ3) is 10.1. The van der Waals surface area contributed by atoms with Crippen molar-refractivity contribution in [3.63, 3.8) is 0 Å². The van der Waals surface area contributed by atoms with Crippen LogP contribution in [0.15, 0.2) is 4.99 Å². The first-order valence-corrected chi connectivity index (χ1v) is 11.3. The molecule has 2 heterocycles. The summed E-state index contributed by atoms with van der Waals surface area (Å²) in [6, 6.07) is 0.497. The minimum absolute atomic E-state index is 0. The summed E-state index contributed by atoms with van der Waals surface area (Å²) in [5.74, 6) is 1.38. The Morgan fingerprint density at radius 1 is 1.23 bits per heavy atom. The number of nitrogens with two attached hydrogens (primary N) is 1. The zero-order valence-electron chi connectivity index (χ0n) is 19.1. The number of amides is 1. The molecule has 2 aliphatic rings. The Morgan fingerprint density at radius 2 is 1.97 bits per heavy atom. The average molecular weight is 539 g/mol. The van der Waals surface area contributed by atoms with E-state index in [2.05, 4.69) is 39.3 Å². The van der Waals surface area contributed by atoms with Crippen molar-refractivity contribution >= 4 is 35.8 Å². The fourth-order valence-electron chi connectivity index (χ4n) is 4.28. The van der Waals surface area contributed by atoms with Gasteiger partial charge in [0.25, 0.3) is 0 Å². The minimum atomic E-state index is -0.159. The van der Waals surface area contributed by atoms with Crippen molar-refractivity contribution in [3.8, 4) is 0 Å². The number of nitrogens with one attached hydrogen (secondary N) is 2. The van der Waals surface area contributed by atoms with Crippen LogP contribution in [-0.4, -0.2) is 93.8 Å². The number of hydrogen-bond donors (Lipinski definition) is 3. The Labute approximate surface area is 199 Å². The third-order valence-corrected chi connectivity index (χ3v) is 5.89. The smallest absolute Gasteiger partial charge is 0.221 e. The Bertz CT molecular complexity index is 514. The van der Waals surface area contributed by atoms with Crippen molar-refractivity contribution < 1.29 is 9.53 Å². The van der Waals surface area contributed by atoms with Gasteiger partial charge in [-0.15, -0.1) is 24.0 Å². The summed E-state index contributed by atoms with van der Waals surface area (Å²) in [6.07, 6.45) is 4.18. The largest absolute Gasteiger partial charge is 0.379 e. The van der Waals surface area contributed by atoms with Gasteiger partial charge < -0.3 is 26.0 Å². The van der Waals surface area contributed by atoms with Gasteiger partial charge in [-0.2, -0.15) is 0 Å². The summed E-state index contributed by atoms with van der Waals surface area (Å²) in [5, 5.41) is 6.95. The van der Waals surface area contributed by atoms with E-state index < -0.39 is 0 Å². The number of halogens is 1. The van der Waals surface area contributed by atoms with Crippen LogP contribution in [0.4, 0.5) is 0 Å². The number of hydrogen-bond acceptors (Lipinski definition) is 5. The highest BCUT2D eigenvalue weighted by Crippen LogP contribution is 2.16. The molecule has 0 saturated carbocycles. The number of piperidine rings is 1. The van der Waals surface area contributed by atoms with Crippen LogP contribution in [0.1, 0.15) is 39.5 Å². The van der Waals surface area contributed by atoms with Crippen LogP contribution in [0.3, 0.4) is 0 Å². The number of rotatable bonds is 10. The molecule has 2 saturated heterocycles. The van der Waals surface area contributed by atoms with E-state index in [1.807, 2.05) is 7.05 Å². The van der Waals surface area contributed by atoms with Crippen LogP contribution in [0.2, 0.25) is 0 Å². The second kappa shape index (κ2) is 15.2. The summed E-state index contributed by atoms with van der Waals surface area (Å²) in [6.45, 7) is 12.8. The van der Waals surface area contributed by atoms with Crippen molar-refractivity contribution in [1.29, 1.82) is 0 Å². The van der Waals surface area contributed by atoms with Crippen LogP contribution in [0.5, 0.6) is 0 Å². The van der Waals surface area contributed by atoms with E-state index in [0.29, 0.717) is 12.0 Å². The number of carbonyl (C=O) groups is 1. The van der Waals surface area contributed by atoms with Gasteiger partial charge in [0.2, 0.25) is 5.91 Å².